The van der Waals surface area contributed by atoms with Gasteiger partial charge in [0.1, 0.15) is 12.5 Å². The molecule has 3 heteroatoms. The molecule has 0 bridgehead atoms. The van der Waals surface area contributed by atoms with Gasteiger partial charge in [0.15, 0.2) is 0 Å². The molecule has 0 aliphatic carbocycles. The summed E-state index contributed by atoms with van der Waals surface area (Å²) >= 11 is 0. The first-order valence-corrected chi connectivity index (χ1v) is 4.29. The van der Waals surface area contributed by atoms with Crippen molar-refractivity contribution in [3.63, 3.8) is 0 Å². The third-order valence-electron chi connectivity index (χ3n) is 1.49. The van der Waals surface area contributed by atoms with E-state index in [-0.39, 0.29) is 6.61 Å². The van der Waals surface area contributed by atoms with Crippen molar-refractivity contribution in [3.8, 4) is 6.07 Å². The van der Waals surface area contributed by atoms with Crippen molar-refractivity contribution < 1.29 is 9.53 Å². The molecule has 3 nitrogen and oxygen atoms in total. The summed E-state index contributed by atoms with van der Waals surface area (Å²) < 4.78 is 4.77. The molecule has 0 amide bonds. The molecular formula is C10H15NO2. The van der Waals surface area contributed by atoms with Gasteiger partial charge in [-0.3, -0.25) is 4.79 Å². The zero-order chi connectivity index (χ0) is 10.3. The lowest BCUT2D eigenvalue weighted by Gasteiger charge is -2.09. The van der Waals surface area contributed by atoms with E-state index >= 15 is 0 Å². The van der Waals surface area contributed by atoms with Gasteiger partial charge in [-0.05, 0) is 12.3 Å². The molecule has 72 valence electrons. The summed E-state index contributed by atoms with van der Waals surface area (Å²) in [4.78, 5) is 11.2. The molecule has 1 unspecified atom stereocenters. The third kappa shape index (κ3) is 5.02. The predicted molar refractivity (Wildman–Crippen MR) is 49.7 cm³/mol. The van der Waals surface area contributed by atoms with Crippen LogP contribution < -0.4 is 0 Å². The average molecular weight is 181 g/mol. The Balaban J connectivity index is 4.01. The maximum absolute atomic E-state index is 11.2. The van der Waals surface area contributed by atoms with Crippen molar-refractivity contribution in [2.75, 3.05) is 6.61 Å². The summed E-state index contributed by atoms with van der Waals surface area (Å²) in [5.41, 5.74) is 0. The van der Waals surface area contributed by atoms with Crippen molar-refractivity contribution in [1.29, 1.82) is 5.26 Å². The Labute approximate surface area is 79.0 Å². The predicted octanol–water partition coefficient (Wildman–Crippen LogP) is 1.90. The topological polar surface area (TPSA) is 50.1 Å². The molecule has 0 aliphatic heterocycles. The van der Waals surface area contributed by atoms with E-state index in [1.165, 1.54) is 6.08 Å². The standard InChI is InChI=1S/C10H15NO2/c1-4-5-13-10(12)9(7-11)6-8(2)3/h4,8-9H,1,5-6H2,2-3H3. The first kappa shape index (κ1) is 11.7. The Morgan fingerprint density at radius 1 is 1.69 bits per heavy atom. The number of ether oxygens (including phenoxy) is 1. The Bertz CT molecular complexity index is 215. The van der Waals surface area contributed by atoms with Gasteiger partial charge in [-0.1, -0.05) is 26.5 Å². The van der Waals surface area contributed by atoms with Gasteiger partial charge in [-0.2, -0.15) is 5.26 Å². The fourth-order valence-electron chi connectivity index (χ4n) is 0.915. The maximum atomic E-state index is 11.2. The minimum Gasteiger partial charge on any atom is -0.460 e. The molecule has 0 aromatic heterocycles. The van der Waals surface area contributed by atoms with Crippen LogP contribution in [0, 0.1) is 23.2 Å². The minimum atomic E-state index is -0.639. The first-order chi connectivity index (χ1) is 6.11. The molecule has 0 saturated carbocycles. The van der Waals surface area contributed by atoms with Gasteiger partial charge in [0.2, 0.25) is 0 Å². The third-order valence-corrected chi connectivity index (χ3v) is 1.49. The SMILES string of the molecule is C=CCOC(=O)C(C#N)CC(C)C. The molecule has 0 aliphatic rings. The van der Waals surface area contributed by atoms with Crippen LogP contribution in [0.2, 0.25) is 0 Å². The van der Waals surface area contributed by atoms with E-state index in [1.807, 2.05) is 19.9 Å². The Hall–Kier alpha value is -1.30. The lowest BCUT2D eigenvalue weighted by atomic mass is 9.99. The Kier molecular flexibility index (Phi) is 5.62. The van der Waals surface area contributed by atoms with Gasteiger partial charge < -0.3 is 4.74 Å². The second-order valence-electron chi connectivity index (χ2n) is 3.23. The zero-order valence-corrected chi connectivity index (χ0v) is 8.12. The van der Waals surface area contributed by atoms with Crippen LogP contribution >= 0.6 is 0 Å². The first-order valence-electron chi connectivity index (χ1n) is 4.29. The van der Waals surface area contributed by atoms with Crippen LogP contribution in [0.3, 0.4) is 0 Å². The van der Waals surface area contributed by atoms with E-state index in [0.717, 1.165) is 0 Å². The number of nitriles is 1. The van der Waals surface area contributed by atoms with Crippen molar-refractivity contribution in [2.45, 2.75) is 20.3 Å². The lowest BCUT2D eigenvalue weighted by molar-refractivity contribution is -0.145. The number of hydrogen-bond donors (Lipinski definition) is 0. The molecule has 1 atom stereocenters. The monoisotopic (exact) mass is 181 g/mol. The van der Waals surface area contributed by atoms with Crippen LogP contribution in [0.15, 0.2) is 12.7 Å². The summed E-state index contributed by atoms with van der Waals surface area (Å²) in [5, 5.41) is 8.67. The van der Waals surface area contributed by atoms with Crippen LogP contribution in [0.5, 0.6) is 0 Å². The van der Waals surface area contributed by atoms with Crippen LogP contribution in [0.4, 0.5) is 0 Å². The molecule has 0 heterocycles. The van der Waals surface area contributed by atoms with Gasteiger partial charge >= 0.3 is 5.97 Å². The van der Waals surface area contributed by atoms with Crippen molar-refractivity contribution >= 4 is 5.97 Å². The highest BCUT2D eigenvalue weighted by atomic mass is 16.5. The molecule has 13 heavy (non-hydrogen) atoms. The van der Waals surface area contributed by atoms with Crippen LogP contribution in [0.1, 0.15) is 20.3 Å². The number of esters is 1. The second kappa shape index (κ2) is 6.24. The Morgan fingerprint density at radius 2 is 2.31 bits per heavy atom. The number of hydrogen-bond acceptors (Lipinski definition) is 3. The molecule has 0 saturated heterocycles. The van der Waals surface area contributed by atoms with E-state index in [2.05, 4.69) is 6.58 Å². The zero-order valence-electron chi connectivity index (χ0n) is 8.12. The molecular weight excluding hydrogens is 166 g/mol. The van der Waals surface area contributed by atoms with Gasteiger partial charge in [0, 0.05) is 0 Å². The van der Waals surface area contributed by atoms with Crippen LogP contribution in [0.25, 0.3) is 0 Å². The van der Waals surface area contributed by atoms with Gasteiger partial charge in [-0.15, -0.1) is 0 Å². The molecule has 0 aromatic rings. The highest BCUT2D eigenvalue weighted by molar-refractivity contribution is 5.75. The normalized spacial score (nSPS) is 11.8. The largest absolute Gasteiger partial charge is 0.460 e. The molecule has 0 aromatic carbocycles. The maximum Gasteiger partial charge on any atom is 0.323 e. The summed E-state index contributed by atoms with van der Waals surface area (Å²) in [6.07, 6.45) is 2.04. The molecule has 0 N–H and O–H groups in total. The van der Waals surface area contributed by atoms with Crippen LogP contribution in [-0.2, 0) is 9.53 Å². The summed E-state index contributed by atoms with van der Waals surface area (Å²) in [6, 6.07) is 1.93. The molecule has 0 rings (SSSR count). The van der Waals surface area contributed by atoms with Crippen molar-refractivity contribution in [1.82, 2.24) is 0 Å². The van der Waals surface area contributed by atoms with Crippen LogP contribution in [-0.4, -0.2) is 12.6 Å². The number of carbonyl (C=O) groups excluding carboxylic acids is 1. The quantitative estimate of drug-likeness (QED) is 0.480. The number of rotatable bonds is 5. The minimum absolute atomic E-state index is 0.176. The van der Waals surface area contributed by atoms with E-state index in [9.17, 15) is 4.79 Å². The van der Waals surface area contributed by atoms with Gasteiger partial charge in [0.05, 0.1) is 6.07 Å². The average Bonchev–Trinajstić information content (AvgIpc) is 2.09. The lowest BCUT2D eigenvalue weighted by Crippen LogP contribution is -2.18. The van der Waals surface area contributed by atoms with E-state index < -0.39 is 11.9 Å². The smallest absolute Gasteiger partial charge is 0.323 e. The molecule has 0 spiro atoms. The Morgan fingerprint density at radius 3 is 2.69 bits per heavy atom. The fourth-order valence-corrected chi connectivity index (χ4v) is 0.915. The van der Waals surface area contributed by atoms with E-state index in [0.29, 0.717) is 12.3 Å². The van der Waals surface area contributed by atoms with E-state index in [4.69, 9.17) is 10.00 Å². The number of carbonyl (C=O) groups is 1. The van der Waals surface area contributed by atoms with Crippen molar-refractivity contribution in [2.24, 2.45) is 11.8 Å². The summed E-state index contributed by atoms with van der Waals surface area (Å²) in [5.74, 6) is -0.767. The highest BCUT2D eigenvalue weighted by Crippen LogP contribution is 2.12. The van der Waals surface area contributed by atoms with Gasteiger partial charge in [0.25, 0.3) is 0 Å². The molecule has 0 radical (unpaired) electrons. The number of nitrogens with zero attached hydrogens (tertiary/aromatic N) is 1. The van der Waals surface area contributed by atoms with Gasteiger partial charge in [-0.25, -0.2) is 0 Å². The molecule has 0 fully saturated rings. The summed E-state index contributed by atoms with van der Waals surface area (Å²) in [6.45, 7) is 7.52. The fraction of sp³-hybridized carbons (Fsp3) is 0.600. The van der Waals surface area contributed by atoms with E-state index in [1.54, 1.807) is 0 Å². The highest BCUT2D eigenvalue weighted by Gasteiger charge is 2.19. The summed E-state index contributed by atoms with van der Waals surface area (Å²) in [7, 11) is 0. The van der Waals surface area contributed by atoms with Crippen molar-refractivity contribution in [3.05, 3.63) is 12.7 Å². The second-order valence-corrected chi connectivity index (χ2v) is 3.23.